The van der Waals surface area contributed by atoms with Crippen molar-refractivity contribution in [2.45, 2.75) is 16.2 Å². The normalized spacial score (nSPS) is 18.6. The highest BCUT2D eigenvalue weighted by Gasteiger charge is 2.33. The highest BCUT2D eigenvalue weighted by molar-refractivity contribution is 7.99. The van der Waals surface area contributed by atoms with Gasteiger partial charge in [0, 0.05) is 4.90 Å². The molecule has 5 nitrogen and oxygen atoms in total. The zero-order valence-electron chi connectivity index (χ0n) is 15.2. The number of aliphatic hydroxyl groups is 1. The number of carbonyl (C=O) groups is 1. The number of nitrogens with one attached hydrogen (secondary N) is 1. The highest BCUT2D eigenvalue weighted by Crippen LogP contribution is 2.45. The van der Waals surface area contributed by atoms with E-state index in [-0.39, 0.29) is 0 Å². The quantitative estimate of drug-likeness (QED) is 0.676. The fourth-order valence-corrected chi connectivity index (χ4v) is 4.23. The number of carbonyl (C=O) groups excluding carboxylic acids is 1. The van der Waals surface area contributed by atoms with E-state index in [0.717, 1.165) is 22.0 Å². The van der Waals surface area contributed by atoms with Gasteiger partial charge in [-0.05, 0) is 48.0 Å². The Bertz CT molecular complexity index is 976. The number of aliphatic hydroxyl groups excluding tert-OH is 1. The molecule has 0 bridgehead atoms. The average Bonchev–Trinajstić information content (AvgIpc) is 2.85. The van der Waals surface area contributed by atoms with Gasteiger partial charge >= 0.3 is 0 Å². The first kappa shape index (κ1) is 18.4. The van der Waals surface area contributed by atoms with E-state index in [1.54, 1.807) is 19.2 Å². The lowest BCUT2D eigenvalue weighted by Gasteiger charge is -2.19. The first-order valence-corrected chi connectivity index (χ1v) is 9.68. The standard InChI is InChI=1S/C22H19NO4S/c1-26-15-9-7-14(8-10-15)21-20(24)22(25)23-18-12-11-17(13-19(18)28-21)27-16-5-3-2-4-6-16/h2-13,20-21,24H,1H3,(H,23,25)/t20-,21+/m0/s1. The molecular formula is C22H19NO4S. The molecule has 0 aliphatic carbocycles. The summed E-state index contributed by atoms with van der Waals surface area (Å²) in [5, 5.41) is 12.9. The summed E-state index contributed by atoms with van der Waals surface area (Å²) in [7, 11) is 1.60. The molecule has 0 saturated heterocycles. The Labute approximate surface area is 167 Å². The molecule has 0 saturated carbocycles. The van der Waals surface area contributed by atoms with Gasteiger partial charge in [-0.1, -0.05) is 30.3 Å². The van der Waals surface area contributed by atoms with Crippen LogP contribution in [0.3, 0.4) is 0 Å². The van der Waals surface area contributed by atoms with Crippen molar-refractivity contribution in [2.75, 3.05) is 12.4 Å². The first-order valence-electron chi connectivity index (χ1n) is 8.80. The second-order valence-corrected chi connectivity index (χ2v) is 7.50. The molecule has 6 heteroatoms. The Kier molecular flexibility index (Phi) is 5.23. The van der Waals surface area contributed by atoms with E-state index in [4.69, 9.17) is 9.47 Å². The highest BCUT2D eigenvalue weighted by atomic mass is 32.2. The maximum absolute atomic E-state index is 12.4. The molecule has 2 N–H and O–H groups in total. The lowest BCUT2D eigenvalue weighted by atomic mass is 10.1. The molecule has 1 heterocycles. The van der Waals surface area contributed by atoms with Gasteiger partial charge in [-0.3, -0.25) is 4.79 Å². The van der Waals surface area contributed by atoms with Gasteiger partial charge in [-0.2, -0.15) is 0 Å². The van der Waals surface area contributed by atoms with Crippen LogP contribution >= 0.6 is 11.8 Å². The van der Waals surface area contributed by atoms with Crippen molar-refractivity contribution in [1.29, 1.82) is 0 Å². The molecule has 142 valence electrons. The van der Waals surface area contributed by atoms with Crippen LogP contribution in [0.4, 0.5) is 5.69 Å². The summed E-state index contributed by atoms with van der Waals surface area (Å²) in [6.45, 7) is 0. The number of hydrogen-bond acceptors (Lipinski definition) is 5. The fraction of sp³-hybridized carbons (Fsp3) is 0.136. The van der Waals surface area contributed by atoms with Crippen LogP contribution in [0.5, 0.6) is 17.2 Å². The van der Waals surface area contributed by atoms with E-state index in [1.807, 2.05) is 60.7 Å². The van der Waals surface area contributed by atoms with Crippen LogP contribution in [0, 0.1) is 0 Å². The maximum atomic E-state index is 12.4. The summed E-state index contributed by atoms with van der Waals surface area (Å²) < 4.78 is 11.1. The molecule has 1 amide bonds. The monoisotopic (exact) mass is 393 g/mol. The zero-order chi connectivity index (χ0) is 19.5. The number of methoxy groups -OCH3 is 1. The summed E-state index contributed by atoms with van der Waals surface area (Å²) in [6.07, 6.45) is -1.18. The molecule has 0 radical (unpaired) electrons. The average molecular weight is 393 g/mol. The molecule has 3 aromatic carbocycles. The van der Waals surface area contributed by atoms with Gasteiger partial charge in [0.15, 0.2) is 0 Å². The topological polar surface area (TPSA) is 67.8 Å². The van der Waals surface area contributed by atoms with E-state index in [2.05, 4.69) is 5.32 Å². The maximum Gasteiger partial charge on any atom is 0.254 e. The molecule has 0 fully saturated rings. The van der Waals surface area contributed by atoms with Crippen LogP contribution in [0.2, 0.25) is 0 Å². The van der Waals surface area contributed by atoms with Crippen molar-refractivity contribution in [1.82, 2.24) is 0 Å². The third-order valence-electron chi connectivity index (χ3n) is 4.44. The van der Waals surface area contributed by atoms with Crippen molar-refractivity contribution in [3.8, 4) is 17.2 Å². The molecule has 0 aromatic heterocycles. The van der Waals surface area contributed by atoms with Crippen LogP contribution in [0.1, 0.15) is 10.8 Å². The molecule has 28 heavy (non-hydrogen) atoms. The number of benzene rings is 3. The smallest absolute Gasteiger partial charge is 0.254 e. The first-order chi connectivity index (χ1) is 13.6. The van der Waals surface area contributed by atoms with Gasteiger partial charge in [0.25, 0.3) is 5.91 Å². The molecule has 3 aromatic rings. The SMILES string of the molecule is COc1ccc([C@H]2Sc3cc(Oc4ccccc4)ccc3NC(=O)[C@H]2O)cc1. The van der Waals surface area contributed by atoms with Crippen LogP contribution in [-0.4, -0.2) is 24.2 Å². The predicted molar refractivity (Wildman–Crippen MR) is 109 cm³/mol. The summed E-state index contributed by atoms with van der Waals surface area (Å²) in [6, 6.07) is 22.3. The molecule has 1 aliphatic rings. The van der Waals surface area contributed by atoms with E-state index >= 15 is 0 Å². The molecule has 1 aliphatic heterocycles. The van der Waals surface area contributed by atoms with Crippen LogP contribution in [0.15, 0.2) is 77.7 Å². The van der Waals surface area contributed by atoms with Crippen molar-refractivity contribution >= 4 is 23.4 Å². The van der Waals surface area contributed by atoms with Gasteiger partial charge in [0.05, 0.1) is 18.0 Å². The Morgan fingerprint density at radius 2 is 1.64 bits per heavy atom. The number of hydrogen-bond donors (Lipinski definition) is 2. The Hall–Kier alpha value is -2.96. The van der Waals surface area contributed by atoms with E-state index in [0.29, 0.717) is 11.4 Å². The van der Waals surface area contributed by atoms with Crippen LogP contribution in [0.25, 0.3) is 0 Å². The van der Waals surface area contributed by atoms with Crippen molar-refractivity contribution in [3.63, 3.8) is 0 Å². The Balaban J connectivity index is 1.65. The summed E-state index contributed by atoms with van der Waals surface area (Å²) in [4.78, 5) is 13.3. The minimum atomic E-state index is -1.18. The van der Waals surface area contributed by atoms with Crippen LogP contribution < -0.4 is 14.8 Å². The van der Waals surface area contributed by atoms with Gasteiger partial charge in [-0.15, -0.1) is 11.8 Å². The molecule has 0 unspecified atom stereocenters. The second-order valence-electron chi connectivity index (χ2n) is 6.32. The Morgan fingerprint density at radius 1 is 0.929 bits per heavy atom. The van der Waals surface area contributed by atoms with Crippen molar-refractivity contribution in [2.24, 2.45) is 0 Å². The van der Waals surface area contributed by atoms with Crippen molar-refractivity contribution < 1.29 is 19.4 Å². The van der Waals surface area contributed by atoms with Gasteiger partial charge < -0.3 is 19.9 Å². The minimum Gasteiger partial charge on any atom is -0.497 e. The van der Waals surface area contributed by atoms with Gasteiger partial charge in [0.1, 0.15) is 23.4 Å². The molecule has 2 atom stereocenters. The van der Waals surface area contributed by atoms with E-state index in [9.17, 15) is 9.90 Å². The van der Waals surface area contributed by atoms with Crippen LogP contribution in [-0.2, 0) is 4.79 Å². The zero-order valence-corrected chi connectivity index (χ0v) is 16.0. The number of fused-ring (bicyclic) bond motifs is 1. The van der Waals surface area contributed by atoms with E-state index in [1.165, 1.54) is 11.8 Å². The van der Waals surface area contributed by atoms with Gasteiger partial charge in [0.2, 0.25) is 0 Å². The van der Waals surface area contributed by atoms with Gasteiger partial charge in [-0.25, -0.2) is 0 Å². The predicted octanol–water partition coefficient (Wildman–Crippen LogP) is 4.63. The molecule has 4 rings (SSSR count). The molecule has 0 spiro atoms. The number of amides is 1. The largest absolute Gasteiger partial charge is 0.497 e. The Morgan fingerprint density at radius 3 is 2.36 bits per heavy atom. The summed E-state index contributed by atoms with van der Waals surface area (Å²) in [5.41, 5.74) is 1.50. The lowest BCUT2D eigenvalue weighted by Crippen LogP contribution is -2.30. The summed E-state index contributed by atoms with van der Waals surface area (Å²) >= 11 is 1.43. The number of para-hydroxylation sites is 1. The number of rotatable bonds is 4. The minimum absolute atomic E-state index is 0.427. The third kappa shape index (κ3) is 3.83. The third-order valence-corrected chi connectivity index (χ3v) is 5.82. The van der Waals surface area contributed by atoms with E-state index < -0.39 is 17.3 Å². The molecular weight excluding hydrogens is 374 g/mol. The number of ether oxygens (including phenoxy) is 2. The lowest BCUT2D eigenvalue weighted by molar-refractivity contribution is -0.124. The fourth-order valence-electron chi connectivity index (χ4n) is 2.98. The number of anilines is 1. The van der Waals surface area contributed by atoms with Crippen molar-refractivity contribution in [3.05, 3.63) is 78.4 Å². The second kappa shape index (κ2) is 7.96. The summed E-state index contributed by atoms with van der Waals surface area (Å²) in [5.74, 6) is 1.69. The number of thioether (sulfide) groups is 1.